The van der Waals surface area contributed by atoms with Gasteiger partial charge in [-0.05, 0) is 75.6 Å². The zero-order valence-corrected chi connectivity index (χ0v) is 21.2. The van der Waals surface area contributed by atoms with Gasteiger partial charge in [-0.15, -0.1) is 11.6 Å². The quantitative estimate of drug-likeness (QED) is 0.383. The molecule has 33 heavy (non-hydrogen) atoms. The zero-order valence-electron chi connectivity index (χ0n) is 20.4. The molecule has 0 radical (unpaired) electrons. The molecule has 1 amide bonds. The van der Waals surface area contributed by atoms with Crippen LogP contribution in [0.5, 0.6) is 0 Å². The van der Waals surface area contributed by atoms with Crippen LogP contribution < -0.4 is 0 Å². The monoisotopic (exact) mass is 469 g/mol. The molecule has 2 aromatic rings. The van der Waals surface area contributed by atoms with E-state index < -0.39 is 5.60 Å². The van der Waals surface area contributed by atoms with Crippen LogP contribution >= 0.6 is 11.6 Å². The Hall–Kier alpha value is -2.33. The highest BCUT2D eigenvalue weighted by atomic mass is 35.5. The van der Waals surface area contributed by atoms with Crippen molar-refractivity contribution in [1.82, 2.24) is 4.90 Å². The number of rotatable bonds is 7. The molecule has 0 bridgehead atoms. The number of aryl methyl sites for hydroxylation is 2. The summed E-state index contributed by atoms with van der Waals surface area (Å²) in [5.74, 6) is -0.591. The van der Waals surface area contributed by atoms with E-state index in [1.54, 1.807) is 4.90 Å². The molecule has 0 saturated carbocycles. The summed E-state index contributed by atoms with van der Waals surface area (Å²) < 4.78 is 5.73. The first-order valence-electron chi connectivity index (χ1n) is 11.8. The number of carbonyl (C=O) groups is 2. The highest BCUT2D eigenvalue weighted by Crippen LogP contribution is 2.41. The van der Waals surface area contributed by atoms with Gasteiger partial charge in [0.1, 0.15) is 11.5 Å². The van der Waals surface area contributed by atoms with E-state index in [1.807, 2.05) is 34.6 Å². The van der Waals surface area contributed by atoms with Crippen molar-refractivity contribution in [2.75, 3.05) is 12.4 Å². The Morgan fingerprint density at radius 1 is 1.00 bits per heavy atom. The average Bonchev–Trinajstić information content (AvgIpc) is 2.91. The third kappa shape index (κ3) is 6.38. The van der Waals surface area contributed by atoms with Gasteiger partial charge in [-0.2, -0.15) is 0 Å². The SMILES string of the molecule is CC(C)N(CC(CC(=O)OC(C)(C)C)C1c2ccccc2CCc2ccccc21)C(=O)CCl. The van der Waals surface area contributed by atoms with Crippen LogP contribution in [0, 0.1) is 5.92 Å². The summed E-state index contributed by atoms with van der Waals surface area (Å²) in [7, 11) is 0. The van der Waals surface area contributed by atoms with E-state index in [2.05, 4.69) is 48.5 Å². The van der Waals surface area contributed by atoms with Crippen molar-refractivity contribution in [2.24, 2.45) is 5.92 Å². The van der Waals surface area contributed by atoms with E-state index >= 15 is 0 Å². The second-order valence-electron chi connectivity index (χ2n) is 10.2. The molecule has 0 fully saturated rings. The van der Waals surface area contributed by atoms with Crippen LogP contribution in [0.2, 0.25) is 0 Å². The van der Waals surface area contributed by atoms with Crippen LogP contribution in [-0.2, 0) is 27.2 Å². The molecule has 4 nitrogen and oxygen atoms in total. The lowest BCUT2D eigenvalue weighted by Crippen LogP contribution is -2.43. The number of esters is 1. The second-order valence-corrected chi connectivity index (χ2v) is 10.5. The molecule has 0 saturated heterocycles. The van der Waals surface area contributed by atoms with Crippen LogP contribution in [0.3, 0.4) is 0 Å². The van der Waals surface area contributed by atoms with E-state index in [9.17, 15) is 9.59 Å². The molecule has 1 unspecified atom stereocenters. The molecular formula is C28H36ClNO3. The Balaban J connectivity index is 2.10. The van der Waals surface area contributed by atoms with E-state index in [-0.39, 0.29) is 42.1 Å². The molecule has 0 heterocycles. The van der Waals surface area contributed by atoms with Crippen LogP contribution in [-0.4, -0.2) is 40.8 Å². The van der Waals surface area contributed by atoms with Gasteiger partial charge in [0.05, 0.1) is 6.42 Å². The maximum absolute atomic E-state index is 13.1. The number of ether oxygens (including phenoxy) is 1. The molecular weight excluding hydrogens is 434 g/mol. The van der Waals surface area contributed by atoms with Crippen molar-refractivity contribution in [2.45, 2.75) is 71.4 Å². The number of hydrogen-bond acceptors (Lipinski definition) is 3. The lowest BCUT2D eigenvalue weighted by atomic mass is 9.76. The van der Waals surface area contributed by atoms with Gasteiger partial charge in [-0.1, -0.05) is 48.5 Å². The largest absolute Gasteiger partial charge is 0.460 e. The van der Waals surface area contributed by atoms with Crippen molar-refractivity contribution in [3.05, 3.63) is 70.8 Å². The molecule has 0 aromatic heterocycles. The lowest BCUT2D eigenvalue weighted by molar-refractivity contribution is -0.156. The minimum atomic E-state index is -0.565. The second kappa shape index (κ2) is 10.7. The van der Waals surface area contributed by atoms with Crippen LogP contribution in [0.15, 0.2) is 48.5 Å². The molecule has 0 spiro atoms. The predicted octanol–water partition coefficient (Wildman–Crippen LogP) is 5.74. The van der Waals surface area contributed by atoms with Crippen molar-refractivity contribution >= 4 is 23.5 Å². The summed E-state index contributed by atoms with van der Waals surface area (Å²) in [4.78, 5) is 27.6. The summed E-state index contributed by atoms with van der Waals surface area (Å²) in [5.41, 5.74) is 4.50. The van der Waals surface area contributed by atoms with Crippen molar-refractivity contribution in [1.29, 1.82) is 0 Å². The fourth-order valence-electron chi connectivity index (χ4n) is 4.89. The third-order valence-electron chi connectivity index (χ3n) is 6.25. The van der Waals surface area contributed by atoms with E-state index in [1.165, 1.54) is 22.3 Å². The first-order valence-corrected chi connectivity index (χ1v) is 12.4. The van der Waals surface area contributed by atoms with Crippen molar-refractivity contribution in [3.8, 4) is 0 Å². The minimum absolute atomic E-state index is 0.0169. The molecule has 3 rings (SSSR count). The maximum Gasteiger partial charge on any atom is 0.306 e. The first kappa shape index (κ1) is 25.3. The smallest absolute Gasteiger partial charge is 0.306 e. The van der Waals surface area contributed by atoms with Gasteiger partial charge in [-0.3, -0.25) is 9.59 Å². The van der Waals surface area contributed by atoms with Crippen molar-refractivity contribution < 1.29 is 14.3 Å². The summed E-state index contributed by atoms with van der Waals surface area (Å²) >= 11 is 5.96. The minimum Gasteiger partial charge on any atom is -0.460 e. The maximum atomic E-state index is 13.1. The standard InChI is InChI=1S/C28H36ClNO3/c1-19(2)30(25(31)17-29)18-22(16-26(32)33-28(3,4)5)27-23-12-8-6-10-20(23)14-15-21-11-7-9-13-24(21)27/h6-13,19,22,27H,14-18H2,1-5H3. The van der Waals surface area contributed by atoms with Gasteiger partial charge in [0.2, 0.25) is 5.91 Å². The van der Waals surface area contributed by atoms with Crippen molar-refractivity contribution in [3.63, 3.8) is 0 Å². The number of carbonyl (C=O) groups excluding carboxylic acids is 2. The lowest BCUT2D eigenvalue weighted by Gasteiger charge is -2.36. The fourth-order valence-corrected chi connectivity index (χ4v) is 5.04. The van der Waals surface area contributed by atoms with Crippen LogP contribution in [0.1, 0.15) is 69.2 Å². The van der Waals surface area contributed by atoms with Crippen LogP contribution in [0.4, 0.5) is 0 Å². The molecule has 1 atom stereocenters. The van der Waals surface area contributed by atoms with E-state index in [0.29, 0.717) is 6.54 Å². The Morgan fingerprint density at radius 2 is 1.52 bits per heavy atom. The number of nitrogens with zero attached hydrogens (tertiary/aromatic N) is 1. The fraction of sp³-hybridized carbons (Fsp3) is 0.500. The Bertz CT molecular complexity index is 932. The molecule has 178 valence electrons. The topological polar surface area (TPSA) is 46.6 Å². The van der Waals surface area contributed by atoms with Gasteiger partial charge in [0, 0.05) is 18.5 Å². The van der Waals surface area contributed by atoms with Gasteiger partial charge >= 0.3 is 5.97 Å². The number of hydrogen-bond donors (Lipinski definition) is 0. The number of fused-ring (bicyclic) bond motifs is 2. The van der Waals surface area contributed by atoms with Gasteiger partial charge in [0.25, 0.3) is 0 Å². The molecule has 1 aliphatic carbocycles. The number of amides is 1. The Labute approximate surface area is 203 Å². The summed E-state index contributed by atoms with van der Waals surface area (Å²) in [6, 6.07) is 17.0. The number of benzene rings is 2. The summed E-state index contributed by atoms with van der Waals surface area (Å²) in [5, 5.41) is 0. The normalized spacial score (nSPS) is 14.8. The highest BCUT2D eigenvalue weighted by Gasteiger charge is 2.35. The van der Waals surface area contributed by atoms with E-state index in [0.717, 1.165) is 12.8 Å². The molecule has 5 heteroatoms. The first-order chi connectivity index (χ1) is 15.6. The van der Waals surface area contributed by atoms with E-state index in [4.69, 9.17) is 16.3 Å². The van der Waals surface area contributed by atoms with Gasteiger partial charge in [-0.25, -0.2) is 0 Å². The number of alkyl halides is 1. The predicted molar refractivity (Wildman–Crippen MR) is 134 cm³/mol. The van der Waals surface area contributed by atoms with Gasteiger partial charge < -0.3 is 9.64 Å². The number of halogens is 1. The van der Waals surface area contributed by atoms with Gasteiger partial charge in [0.15, 0.2) is 0 Å². The molecule has 0 N–H and O–H groups in total. The average molecular weight is 470 g/mol. The summed E-state index contributed by atoms with van der Waals surface area (Å²) in [6.07, 6.45) is 2.14. The zero-order chi connectivity index (χ0) is 24.2. The molecule has 2 aromatic carbocycles. The third-order valence-corrected chi connectivity index (χ3v) is 6.48. The summed E-state index contributed by atoms with van der Waals surface area (Å²) in [6.45, 7) is 10.1. The Kier molecular flexibility index (Phi) is 8.23. The highest BCUT2D eigenvalue weighted by molar-refractivity contribution is 6.27. The Morgan fingerprint density at radius 3 is 1.97 bits per heavy atom. The van der Waals surface area contributed by atoms with Crippen LogP contribution in [0.25, 0.3) is 0 Å². The molecule has 0 aliphatic heterocycles. The molecule has 1 aliphatic rings.